The van der Waals surface area contributed by atoms with E-state index in [-0.39, 0.29) is 5.78 Å². The van der Waals surface area contributed by atoms with Crippen molar-refractivity contribution in [3.05, 3.63) is 47.1 Å². The topological polar surface area (TPSA) is 22.0 Å². The summed E-state index contributed by atoms with van der Waals surface area (Å²) >= 11 is 6.00. The number of carbonyl (C=O) groups is 1. The van der Waals surface area contributed by atoms with Crippen LogP contribution in [0.2, 0.25) is 5.02 Å². The summed E-state index contributed by atoms with van der Waals surface area (Å²) in [6, 6.07) is 11.7. The number of ketones is 1. The van der Waals surface area contributed by atoms with Crippen LogP contribution in [0.3, 0.4) is 0 Å². The number of aromatic nitrogens is 1. The summed E-state index contributed by atoms with van der Waals surface area (Å²) in [5.41, 5.74) is 2.97. The van der Waals surface area contributed by atoms with Crippen LogP contribution in [0.5, 0.6) is 0 Å². The first-order chi connectivity index (χ1) is 8.25. The normalized spacial score (nSPS) is 14.8. The Kier molecular flexibility index (Phi) is 2.52. The Labute approximate surface area is 105 Å². The maximum absolute atomic E-state index is 11.8. The molecule has 86 valence electrons. The van der Waals surface area contributed by atoms with Crippen LogP contribution >= 0.6 is 11.6 Å². The standard InChI is InChI=1S/C14H12ClNO/c15-11-4-1-3-10(9-11)12-6-7-13-14(17)5-2-8-16(12)13/h1,3-4,6-7,9H,2,5,8H2. The number of rotatable bonds is 1. The summed E-state index contributed by atoms with van der Waals surface area (Å²) in [6.45, 7) is 0.913. The Morgan fingerprint density at radius 2 is 1.94 bits per heavy atom. The quantitative estimate of drug-likeness (QED) is 0.749. The van der Waals surface area contributed by atoms with E-state index in [1.165, 1.54) is 0 Å². The van der Waals surface area contributed by atoms with Gasteiger partial charge in [-0.15, -0.1) is 0 Å². The van der Waals surface area contributed by atoms with Crippen LogP contribution in [0, 0.1) is 0 Å². The number of nitrogens with zero attached hydrogens (tertiary/aromatic N) is 1. The Balaban J connectivity index is 2.13. The molecule has 1 aliphatic heterocycles. The minimum Gasteiger partial charge on any atom is -0.338 e. The number of benzene rings is 1. The highest BCUT2D eigenvalue weighted by atomic mass is 35.5. The molecule has 0 N–H and O–H groups in total. The molecule has 3 rings (SSSR count). The summed E-state index contributed by atoms with van der Waals surface area (Å²) in [7, 11) is 0. The van der Waals surface area contributed by atoms with Gasteiger partial charge in [0.1, 0.15) is 0 Å². The molecule has 0 spiro atoms. The van der Waals surface area contributed by atoms with Crippen LogP contribution < -0.4 is 0 Å². The molecule has 2 aromatic rings. The van der Waals surface area contributed by atoms with Gasteiger partial charge in [-0.2, -0.15) is 0 Å². The van der Waals surface area contributed by atoms with Gasteiger partial charge in [0, 0.05) is 23.7 Å². The summed E-state index contributed by atoms with van der Waals surface area (Å²) in [5.74, 6) is 0.240. The fraction of sp³-hybridized carbons (Fsp3) is 0.214. The smallest absolute Gasteiger partial charge is 0.179 e. The van der Waals surface area contributed by atoms with E-state index < -0.39 is 0 Å². The molecule has 1 aromatic heterocycles. The van der Waals surface area contributed by atoms with Gasteiger partial charge in [-0.1, -0.05) is 23.7 Å². The zero-order chi connectivity index (χ0) is 11.8. The average Bonchev–Trinajstić information content (AvgIpc) is 2.74. The van der Waals surface area contributed by atoms with Crippen molar-refractivity contribution < 1.29 is 4.79 Å². The molecule has 17 heavy (non-hydrogen) atoms. The molecule has 1 aliphatic rings. The lowest BCUT2D eigenvalue weighted by atomic mass is 10.1. The maximum Gasteiger partial charge on any atom is 0.179 e. The number of carbonyl (C=O) groups excluding carboxylic acids is 1. The van der Waals surface area contributed by atoms with Crippen LogP contribution in [0.4, 0.5) is 0 Å². The van der Waals surface area contributed by atoms with Crippen LogP contribution in [0.15, 0.2) is 36.4 Å². The van der Waals surface area contributed by atoms with E-state index in [0.717, 1.165) is 34.9 Å². The van der Waals surface area contributed by atoms with E-state index in [0.29, 0.717) is 6.42 Å². The summed E-state index contributed by atoms with van der Waals surface area (Å²) in [6.07, 6.45) is 1.59. The Hall–Kier alpha value is -1.54. The van der Waals surface area contributed by atoms with Crippen molar-refractivity contribution in [2.75, 3.05) is 0 Å². The lowest BCUT2D eigenvalue weighted by Gasteiger charge is -2.17. The van der Waals surface area contributed by atoms with Gasteiger partial charge in [0.25, 0.3) is 0 Å². The molecule has 1 aromatic carbocycles. The molecular weight excluding hydrogens is 234 g/mol. The summed E-state index contributed by atoms with van der Waals surface area (Å²) in [5, 5.41) is 0.722. The Morgan fingerprint density at radius 1 is 1.12 bits per heavy atom. The maximum atomic E-state index is 11.8. The highest BCUT2D eigenvalue weighted by Crippen LogP contribution is 2.28. The van der Waals surface area contributed by atoms with Gasteiger partial charge in [0.05, 0.1) is 5.69 Å². The second-order valence-corrected chi connectivity index (χ2v) is 4.73. The van der Waals surface area contributed by atoms with E-state index in [1.54, 1.807) is 0 Å². The molecule has 0 saturated carbocycles. The molecule has 0 radical (unpaired) electrons. The molecule has 0 unspecified atom stereocenters. The Morgan fingerprint density at radius 3 is 2.76 bits per heavy atom. The molecule has 3 heteroatoms. The predicted octanol–water partition coefficient (Wildman–Crippen LogP) is 3.79. The van der Waals surface area contributed by atoms with Crippen molar-refractivity contribution >= 4 is 17.4 Å². The van der Waals surface area contributed by atoms with E-state index in [1.807, 2.05) is 36.4 Å². The van der Waals surface area contributed by atoms with E-state index in [4.69, 9.17) is 11.6 Å². The molecule has 0 saturated heterocycles. The first-order valence-electron chi connectivity index (χ1n) is 5.74. The number of hydrogen-bond donors (Lipinski definition) is 0. The SMILES string of the molecule is O=C1CCCn2c1ccc2-c1cccc(Cl)c1. The number of halogens is 1. The van der Waals surface area contributed by atoms with Crippen LogP contribution in [-0.2, 0) is 6.54 Å². The van der Waals surface area contributed by atoms with Crippen molar-refractivity contribution in [2.45, 2.75) is 19.4 Å². The van der Waals surface area contributed by atoms with Crippen molar-refractivity contribution in [1.82, 2.24) is 4.57 Å². The van der Waals surface area contributed by atoms with Crippen molar-refractivity contribution in [3.63, 3.8) is 0 Å². The van der Waals surface area contributed by atoms with E-state index >= 15 is 0 Å². The largest absolute Gasteiger partial charge is 0.338 e. The van der Waals surface area contributed by atoms with Crippen molar-refractivity contribution in [1.29, 1.82) is 0 Å². The van der Waals surface area contributed by atoms with E-state index in [2.05, 4.69) is 4.57 Å². The third-order valence-corrected chi connectivity index (χ3v) is 3.41. The number of Topliss-reactive ketones (excluding diaryl/α,β-unsaturated/α-hetero) is 1. The van der Waals surface area contributed by atoms with Gasteiger partial charge in [-0.3, -0.25) is 4.79 Å². The minimum absolute atomic E-state index is 0.240. The molecule has 2 nitrogen and oxygen atoms in total. The molecule has 0 atom stereocenters. The fourth-order valence-electron chi connectivity index (χ4n) is 2.38. The third kappa shape index (κ3) is 1.79. The van der Waals surface area contributed by atoms with Gasteiger partial charge in [-0.25, -0.2) is 0 Å². The zero-order valence-corrected chi connectivity index (χ0v) is 10.1. The number of hydrogen-bond acceptors (Lipinski definition) is 1. The van der Waals surface area contributed by atoms with Gasteiger partial charge in [-0.05, 0) is 36.2 Å². The lowest BCUT2D eigenvalue weighted by Crippen LogP contribution is -2.16. The van der Waals surface area contributed by atoms with E-state index in [9.17, 15) is 4.79 Å². The number of fused-ring (bicyclic) bond motifs is 1. The summed E-state index contributed by atoms with van der Waals surface area (Å²) < 4.78 is 2.09. The zero-order valence-electron chi connectivity index (χ0n) is 9.32. The van der Waals surface area contributed by atoms with Crippen LogP contribution in [0.25, 0.3) is 11.3 Å². The monoisotopic (exact) mass is 245 g/mol. The predicted molar refractivity (Wildman–Crippen MR) is 68.4 cm³/mol. The minimum atomic E-state index is 0.240. The van der Waals surface area contributed by atoms with Crippen molar-refractivity contribution in [2.24, 2.45) is 0 Å². The first kappa shape index (κ1) is 10.6. The van der Waals surface area contributed by atoms with Crippen LogP contribution in [0.1, 0.15) is 23.3 Å². The van der Waals surface area contributed by atoms with Gasteiger partial charge in [0.15, 0.2) is 5.78 Å². The Bertz CT molecular complexity index is 586. The first-order valence-corrected chi connectivity index (χ1v) is 6.12. The highest BCUT2D eigenvalue weighted by molar-refractivity contribution is 6.30. The second-order valence-electron chi connectivity index (χ2n) is 4.29. The van der Waals surface area contributed by atoms with Crippen molar-refractivity contribution in [3.8, 4) is 11.3 Å². The van der Waals surface area contributed by atoms with Crippen LogP contribution in [-0.4, -0.2) is 10.4 Å². The second kappa shape index (κ2) is 4.04. The molecule has 0 amide bonds. The lowest BCUT2D eigenvalue weighted by molar-refractivity contribution is 0.0955. The van der Waals surface area contributed by atoms with Gasteiger partial charge < -0.3 is 4.57 Å². The highest BCUT2D eigenvalue weighted by Gasteiger charge is 2.19. The molecular formula is C14H12ClNO. The molecule has 0 bridgehead atoms. The average molecular weight is 246 g/mol. The summed E-state index contributed by atoms with van der Waals surface area (Å²) in [4.78, 5) is 11.8. The van der Waals surface area contributed by atoms with Gasteiger partial charge >= 0.3 is 0 Å². The third-order valence-electron chi connectivity index (χ3n) is 3.17. The molecule has 0 fully saturated rings. The molecule has 0 aliphatic carbocycles. The molecule has 2 heterocycles. The van der Waals surface area contributed by atoms with Gasteiger partial charge in [0.2, 0.25) is 0 Å². The fourth-order valence-corrected chi connectivity index (χ4v) is 2.57.